The maximum atomic E-state index is 13.0. The van der Waals surface area contributed by atoms with Crippen LogP contribution in [0.5, 0.6) is 11.5 Å². The summed E-state index contributed by atoms with van der Waals surface area (Å²) in [6, 6.07) is 4.90. The molecule has 1 aromatic carbocycles. The molecule has 29 heavy (non-hydrogen) atoms. The lowest BCUT2D eigenvalue weighted by atomic mass is 9.71. The van der Waals surface area contributed by atoms with Crippen LogP contribution in [-0.4, -0.2) is 49.5 Å². The van der Waals surface area contributed by atoms with Crippen LogP contribution in [0.1, 0.15) is 44.6 Å². The second kappa shape index (κ2) is 9.22. The van der Waals surface area contributed by atoms with Crippen LogP contribution in [0, 0.1) is 5.92 Å². The number of aromatic hydroxyl groups is 1. The summed E-state index contributed by atoms with van der Waals surface area (Å²) < 4.78 is 15.9. The first-order valence-corrected chi connectivity index (χ1v) is 9.90. The molecule has 0 amide bonds. The van der Waals surface area contributed by atoms with E-state index >= 15 is 0 Å². The molecule has 156 valence electrons. The Kier molecular flexibility index (Phi) is 6.69. The zero-order valence-corrected chi connectivity index (χ0v) is 17.1. The monoisotopic (exact) mass is 401 g/mol. The van der Waals surface area contributed by atoms with Gasteiger partial charge < -0.3 is 19.3 Å². The van der Waals surface area contributed by atoms with Gasteiger partial charge in [0.1, 0.15) is 12.5 Å². The lowest BCUT2D eigenvalue weighted by Gasteiger charge is -2.34. The number of allylic oxidation sites excluding steroid dienone is 2. The van der Waals surface area contributed by atoms with E-state index in [1.807, 2.05) is 6.92 Å². The Morgan fingerprint density at radius 3 is 2.79 bits per heavy atom. The van der Waals surface area contributed by atoms with Gasteiger partial charge in [0.05, 0.1) is 13.7 Å². The summed E-state index contributed by atoms with van der Waals surface area (Å²) in [5.74, 6) is -1.38. The number of benzene rings is 1. The predicted octanol–water partition coefficient (Wildman–Crippen LogP) is 3.16. The molecule has 0 saturated carbocycles. The first-order chi connectivity index (χ1) is 14.0. The van der Waals surface area contributed by atoms with E-state index in [4.69, 9.17) is 14.2 Å². The molecule has 0 saturated heterocycles. The van der Waals surface area contributed by atoms with E-state index in [1.165, 1.54) is 13.2 Å². The fraction of sp³-hybridized carbons (Fsp3) is 0.500. The number of aliphatic imine (C=N–C) groups is 1. The number of ether oxygens (including phenoxy) is 3. The zero-order valence-electron chi connectivity index (χ0n) is 17.1. The number of nitrogens with zero attached hydrogens (tertiary/aromatic N) is 1. The minimum atomic E-state index is -0.716. The lowest BCUT2D eigenvalue weighted by Crippen LogP contribution is -2.37. The van der Waals surface area contributed by atoms with E-state index < -0.39 is 17.8 Å². The highest BCUT2D eigenvalue weighted by Crippen LogP contribution is 2.45. The minimum absolute atomic E-state index is 0.00235. The SMILES string of the molecule is CCOCCOC(=O)C1C(C)=NC2=C(C(=O)CCC2)[C@H]1c1ccc(O)c(OC)c1. The standard InChI is InChI=1S/C22H27NO6/c1-4-28-10-11-29-22(26)19-13(2)23-15-6-5-7-17(25)21(15)20(19)14-8-9-16(24)18(12-14)27-3/h8-9,12,19-20,24H,4-7,10-11H2,1-3H3/t19?,20-/m0/s1. The molecule has 1 aromatic rings. The molecular formula is C22H27NO6. The predicted molar refractivity (Wildman–Crippen MR) is 107 cm³/mol. The fourth-order valence-electron chi connectivity index (χ4n) is 3.99. The van der Waals surface area contributed by atoms with Gasteiger partial charge in [-0.05, 0) is 44.4 Å². The Labute approximate surface area is 170 Å². The fourth-order valence-corrected chi connectivity index (χ4v) is 3.99. The van der Waals surface area contributed by atoms with Crippen molar-refractivity contribution in [3.05, 3.63) is 35.0 Å². The van der Waals surface area contributed by atoms with Crippen molar-refractivity contribution in [3.63, 3.8) is 0 Å². The molecule has 7 nitrogen and oxygen atoms in total. The average Bonchev–Trinajstić information content (AvgIpc) is 2.70. The van der Waals surface area contributed by atoms with Crippen LogP contribution >= 0.6 is 0 Å². The third kappa shape index (κ3) is 4.34. The molecule has 7 heteroatoms. The van der Waals surface area contributed by atoms with Gasteiger partial charge in [0, 0.05) is 35.9 Å². The Balaban J connectivity index is 2.02. The maximum Gasteiger partial charge on any atom is 0.315 e. The van der Waals surface area contributed by atoms with Crippen molar-refractivity contribution >= 4 is 17.5 Å². The van der Waals surface area contributed by atoms with Gasteiger partial charge in [-0.2, -0.15) is 0 Å². The number of hydrogen-bond acceptors (Lipinski definition) is 7. The summed E-state index contributed by atoms with van der Waals surface area (Å²) in [6.45, 7) is 4.67. The van der Waals surface area contributed by atoms with Gasteiger partial charge in [0.2, 0.25) is 0 Å². The largest absolute Gasteiger partial charge is 0.504 e. The second-order valence-corrected chi connectivity index (χ2v) is 7.14. The van der Waals surface area contributed by atoms with Gasteiger partial charge >= 0.3 is 5.97 Å². The van der Waals surface area contributed by atoms with E-state index in [0.29, 0.717) is 42.9 Å². The number of phenols is 1. The molecular weight excluding hydrogens is 374 g/mol. The Hall–Kier alpha value is -2.67. The number of esters is 1. The molecule has 0 bridgehead atoms. The zero-order chi connectivity index (χ0) is 21.0. The maximum absolute atomic E-state index is 13.0. The van der Waals surface area contributed by atoms with Crippen LogP contribution in [0.3, 0.4) is 0 Å². The van der Waals surface area contributed by atoms with Crippen molar-refractivity contribution in [2.75, 3.05) is 26.9 Å². The van der Waals surface area contributed by atoms with Crippen LogP contribution in [-0.2, 0) is 19.1 Å². The van der Waals surface area contributed by atoms with Crippen molar-refractivity contribution in [1.82, 2.24) is 0 Å². The number of hydrogen-bond donors (Lipinski definition) is 1. The molecule has 2 atom stereocenters. The highest BCUT2D eigenvalue weighted by molar-refractivity contribution is 6.08. The van der Waals surface area contributed by atoms with Gasteiger partial charge in [-0.3, -0.25) is 14.6 Å². The molecule has 0 aromatic heterocycles. The molecule has 0 fully saturated rings. The molecule has 0 radical (unpaired) electrons. The molecule has 3 rings (SSSR count). The van der Waals surface area contributed by atoms with E-state index in [2.05, 4.69) is 4.99 Å². The summed E-state index contributed by atoms with van der Waals surface area (Å²) in [7, 11) is 1.46. The molecule has 1 N–H and O–H groups in total. The Bertz CT molecular complexity index is 857. The van der Waals surface area contributed by atoms with Crippen LogP contribution in [0.15, 0.2) is 34.5 Å². The third-order valence-electron chi connectivity index (χ3n) is 5.33. The van der Waals surface area contributed by atoms with Gasteiger partial charge in [-0.1, -0.05) is 6.07 Å². The molecule has 2 aliphatic rings. The van der Waals surface area contributed by atoms with Gasteiger partial charge in [-0.15, -0.1) is 0 Å². The minimum Gasteiger partial charge on any atom is -0.504 e. The van der Waals surface area contributed by atoms with E-state index in [-0.39, 0.29) is 23.9 Å². The molecule has 1 unspecified atom stereocenters. The smallest absolute Gasteiger partial charge is 0.315 e. The topological polar surface area (TPSA) is 94.4 Å². The highest BCUT2D eigenvalue weighted by atomic mass is 16.6. The van der Waals surface area contributed by atoms with Crippen LogP contribution in [0.2, 0.25) is 0 Å². The van der Waals surface area contributed by atoms with E-state index in [9.17, 15) is 14.7 Å². The quantitative estimate of drug-likeness (QED) is 0.557. The number of phenolic OH excluding ortho intramolecular Hbond substituents is 1. The van der Waals surface area contributed by atoms with Crippen LogP contribution in [0.4, 0.5) is 0 Å². The number of carbonyl (C=O) groups is 2. The van der Waals surface area contributed by atoms with E-state index in [1.54, 1.807) is 19.1 Å². The average molecular weight is 401 g/mol. The first-order valence-electron chi connectivity index (χ1n) is 9.90. The Morgan fingerprint density at radius 2 is 2.07 bits per heavy atom. The van der Waals surface area contributed by atoms with E-state index in [0.717, 1.165) is 12.1 Å². The number of Topliss-reactive ketones (excluding diaryl/α,β-unsaturated/α-hetero) is 1. The summed E-state index contributed by atoms with van der Waals surface area (Å²) in [6.07, 6.45) is 1.89. The van der Waals surface area contributed by atoms with Crippen molar-refractivity contribution in [2.24, 2.45) is 10.9 Å². The van der Waals surface area contributed by atoms with Crippen molar-refractivity contribution in [3.8, 4) is 11.5 Å². The van der Waals surface area contributed by atoms with Crippen molar-refractivity contribution in [2.45, 2.75) is 39.0 Å². The summed E-state index contributed by atoms with van der Waals surface area (Å²) >= 11 is 0. The highest BCUT2D eigenvalue weighted by Gasteiger charge is 2.43. The second-order valence-electron chi connectivity index (χ2n) is 7.14. The number of methoxy groups -OCH3 is 1. The van der Waals surface area contributed by atoms with Crippen molar-refractivity contribution < 1.29 is 28.9 Å². The van der Waals surface area contributed by atoms with Crippen molar-refractivity contribution in [1.29, 1.82) is 0 Å². The van der Waals surface area contributed by atoms with Gasteiger partial charge in [-0.25, -0.2) is 0 Å². The number of rotatable bonds is 7. The normalized spacial score (nSPS) is 21.5. The Morgan fingerprint density at radius 1 is 1.28 bits per heavy atom. The molecule has 1 aliphatic heterocycles. The molecule has 1 aliphatic carbocycles. The van der Waals surface area contributed by atoms with Gasteiger partial charge in [0.25, 0.3) is 0 Å². The van der Waals surface area contributed by atoms with Crippen LogP contribution < -0.4 is 4.74 Å². The summed E-state index contributed by atoms with van der Waals surface area (Å²) in [5.41, 5.74) is 2.65. The lowest BCUT2D eigenvalue weighted by molar-refractivity contribution is -0.148. The number of carbonyl (C=O) groups excluding carboxylic acids is 2. The number of ketones is 1. The first kappa shape index (κ1) is 21.0. The third-order valence-corrected chi connectivity index (χ3v) is 5.33. The summed E-state index contributed by atoms with van der Waals surface area (Å²) in [4.78, 5) is 30.4. The van der Waals surface area contributed by atoms with Crippen LogP contribution in [0.25, 0.3) is 0 Å². The van der Waals surface area contributed by atoms with Gasteiger partial charge in [0.15, 0.2) is 17.3 Å². The molecule has 0 spiro atoms. The summed E-state index contributed by atoms with van der Waals surface area (Å²) in [5, 5.41) is 9.98. The molecule has 1 heterocycles.